The van der Waals surface area contributed by atoms with E-state index in [0.29, 0.717) is 6.54 Å². The Morgan fingerprint density at radius 3 is 2.52 bits per heavy atom. The van der Waals surface area contributed by atoms with Crippen molar-refractivity contribution in [3.05, 3.63) is 55.7 Å². The number of carbonyl (C=O) groups excluding carboxylic acids is 1. The third-order valence-corrected chi connectivity index (χ3v) is 4.91. The molecule has 1 aromatic heterocycles. The van der Waals surface area contributed by atoms with Crippen molar-refractivity contribution in [3.63, 3.8) is 0 Å². The quantitative estimate of drug-likeness (QED) is 0.608. The number of nitrogens with two attached hydrogens (primary N) is 1. The largest absolute Gasteiger partial charge is 0.384 e. The average Bonchev–Trinajstić information content (AvgIpc) is 2.52. The third kappa shape index (κ3) is 4.42. The third-order valence-electron chi connectivity index (χ3n) is 3.91. The van der Waals surface area contributed by atoms with Gasteiger partial charge in [-0.05, 0) is 43.0 Å². The number of aromatic amines is 1. The molecule has 6 nitrogen and oxygen atoms in total. The van der Waals surface area contributed by atoms with Crippen LogP contribution < -0.4 is 17.0 Å². The van der Waals surface area contributed by atoms with Crippen LogP contribution in [0, 0.1) is 19.8 Å². The molecular formula is C18H23N3O3S. The number of hydrogen-bond donors (Lipinski definition) is 2. The van der Waals surface area contributed by atoms with Crippen molar-refractivity contribution >= 4 is 23.4 Å². The summed E-state index contributed by atoms with van der Waals surface area (Å²) < 4.78 is 1.25. The van der Waals surface area contributed by atoms with E-state index in [2.05, 4.69) is 4.98 Å². The molecule has 0 aliphatic rings. The molecule has 0 radical (unpaired) electrons. The number of aryl methyl sites for hydroxylation is 2. The molecule has 0 spiro atoms. The Labute approximate surface area is 150 Å². The van der Waals surface area contributed by atoms with Crippen LogP contribution in [-0.2, 0) is 6.54 Å². The Bertz CT molecular complexity index is 913. The lowest BCUT2D eigenvalue weighted by molar-refractivity contribution is 0.102. The van der Waals surface area contributed by atoms with Gasteiger partial charge in [0.25, 0.3) is 5.56 Å². The van der Waals surface area contributed by atoms with Gasteiger partial charge in [0.15, 0.2) is 5.78 Å². The number of hydrogen-bond acceptors (Lipinski definition) is 5. The molecule has 7 heteroatoms. The van der Waals surface area contributed by atoms with Crippen LogP contribution in [0.4, 0.5) is 5.82 Å². The van der Waals surface area contributed by atoms with Gasteiger partial charge in [-0.2, -0.15) is 0 Å². The number of H-pyrrole nitrogens is 1. The fourth-order valence-corrected chi connectivity index (χ4v) is 3.29. The SMILES string of the molecule is Cc1ccc(SCC(=O)c2c(N)n(CC(C)C)c(=O)[nH]c2=O)cc1C. The van der Waals surface area contributed by atoms with E-state index in [-0.39, 0.29) is 28.8 Å². The number of thioether (sulfide) groups is 1. The monoisotopic (exact) mass is 361 g/mol. The van der Waals surface area contributed by atoms with Crippen molar-refractivity contribution in [2.75, 3.05) is 11.5 Å². The molecule has 25 heavy (non-hydrogen) atoms. The minimum absolute atomic E-state index is 0.0619. The Balaban J connectivity index is 2.28. The lowest BCUT2D eigenvalue weighted by atomic mass is 10.1. The van der Waals surface area contributed by atoms with Crippen molar-refractivity contribution < 1.29 is 4.79 Å². The highest BCUT2D eigenvalue weighted by Gasteiger charge is 2.19. The van der Waals surface area contributed by atoms with E-state index in [4.69, 9.17) is 5.73 Å². The van der Waals surface area contributed by atoms with Gasteiger partial charge in [0.05, 0.1) is 5.75 Å². The van der Waals surface area contributed by atoms with Crippen LogP contribution in [0.5, 0.6) is 0 Å². The van der Waals surface area contributed by atoms with E-state index >= 15 is 0 Å². The molecule has 2 aromatic rings. The summed E-state index contributed by atoms with van der Waals surface area (Å²) in [6, 6.07) is 5.93. The highest BCUT2D eigenvalue weighted by Crippen LogP contribution is 2.22. The predicted octanol–water partition coefficient (Wildman–Crippen LogP) is 2.37. The maximum absolute atomic E-state index is 12.5. The Hall–Kier alpha value is -2.28. The number of anilines is 1. The zero-order valence-electron chi connectivity index (χ0n) is 14.9. The molecule has 0 atom stereocenters. The van der Waals surface area contributed by atoms with Crippen LogP contribution in [0.2, 0.25) is 0 Å². The molecule has 1 heterocycles. The summed E-state index contributed by atoms with van der Waals surface area (Å²) >= 11 is 1.34. The standard InChI is InChI=1S/C18H23N3O3S/c1-10(2)8-21-16(19)15(17(23)20-18(21)24)14(22)9-25-13-6-5-11(3)12(4)7-13/h5-7,10H,8-9,19H2,1-4H3,(H,20,23,24). The molecule has 2 rings (SSSR count). The highest BCUT2D eigenvalue weighted by molar-refractivity contribution is 8.00. The Morgan fingerprint density at radius 1 is 1.24 bits per heavy atom. The molecule has 1 aromatic carbocycles. The van der Waals surface area contributed by atoms with Gasteiger partial charge in [0.1, 0.15) is 11.4 Å². The molecule has 3 N–H and O–H groups in total. The number of Topliss-reactive ketones (excluding diaryl/α,β-unsaturated/α-hetero) is 1. The molecule has 0 saturated heterocycles. The minimum Gasteiger partial charge on any atom is -0.384 e. The summed E-state index contributed by atoms with van der Waals surface area (Å²) in [5.74, 6) is -0.221. The van der Waals surface area contributed by atoms with E-state index in [1.54, 1.807) is 0 Å². The molecule has 0 bridgehead atoms. The van der Waals surface area contributed by atoms with Crippen molar-refractivity contribution in [2.24, 2.45) is 5.92 Å². The Morgan fingerprint density at radius 2 is 1.92 bits per heavy atom. The lowest BCUT2D eigenvalue weighted by Gasteiger charge is -2.13. The molecule has 0 saturated carbocycles. The van der Waals surface area contributed by atoms with E-state index < -0.39 is 11.2 Å². The smallest absolute Gasteiger partial charge is 0.329 e. The number of rotatable bonds is 6. The Kier molecular flexibility index (Phi) is 5.89. The first-order valence-electron chi connectivity index (χ1n) is 8.06. The van der Waals surface area contributed by atoms with Crippen molar-refractivity contribution in [1.82, 2.24) is 9.55 Å². The minimum atomic E-state index is -0.729. The summed E-state index contributed by atoms with van der Waals surface area (Å²) in [7, 11) is 0. The normalized spacial score (nSPS) is 11.1. The van der Waals surface area contributed by atoms with E-state index in [1.807, 2.05) is 45.9 Å². The van der Waals surface area contributed by atoms with E-state index in [0.717, 1.165) is 10.5 Å². The molecule has 0 aliphatic heterocycles. The van der Waals surface area contributed by atoms with Crippen LogP contribution in [0.1, 0.15) is 35.3 Å². The van der Waals surface area contributed by atoms with Gasteiger partial charge >= 0.3 is 5.69 Å². The highest BCUT2D eigenvalue weighted by atomic mass is 32.2. The second-order valence-electron chi connectivity index (χ2n) is 6.48. The maximum Gasteiger partial charge on any atom is 0.329 e. The molecule has 0 unspecified atom stereocenters. The number of nitrogens with zero attached hydrogens (tertiary/aromatic N) is 1. The van der Waals surface area contributed by atoms with Crippen molar-refractivity contribution in [2.45, 2.75) is 39.1 Å². The fraction of sp³-hybridized carbons (Fsp3) is 0.389. The molecular weight excluding hydrogens is 338 g/mol. The number of nitrogen functional groups attached to an aromatic ring is 1. The summed E-state index contributed by atoms with van der Waals surface area (Å²) in [5.41, 5.74) is 6.82. The number of aromatic nitrogens is 2. The number of carbonyl (C=O) groups is 1. The molecule has 134 valence electrons. The fourth-order valence-electron chi connectivity index (χ4n) is 2.43. The number of ketones is 1. The van der Waals surface area contributed by atoms with Gasteiger partial charge < -0.3 is 5.73 Å². The van der Waals surface area contributed by atoms with Gasteiger partial charge in [0.2, 0.25) is 0 Å². The summed E-state index contributed by atoms with van der Waals surface area (Å²) in [5, 5.41) is 0. The first-order valence-corrected chi connectivity index (χ1v) is 9.05. The van der Waals surface area contributed by atoms with Crippen LogP contribution in [-0.4, -0.2) is 21.1 Å². The predicted molar refractivity (Wildman–Crippen MR) is 102 cm³/mol. The summed E-state index contributed by atoms with van der Waals surface area (Å²) in [6.45, 7) is 8.22. The van der Waals surface area contributed by atoms with E-state index in [9.17, 15) is 14.4 Å². The summed E-state index contributed by atoms with van der Waals surface area (Å²) in [4.78, 5) is 39.7. The zero-order valence-corrected chi connectivity index (χ0v) is 15.7. The molecule has 0 fully saturated rings. The maximum atomic E-state index is 12.5. The first-order chi connectivity index (χ1) is 11.7. The average molecular weight is 361 g/mol. The number of benzene rings is 1. The summed E-state index contributed by atoms with van der Waals surface area (Å²) in [6.07, 6.45) is 0. The van der Waals surface area contributed by atoms with Crippen LogP contribution in [0.15, 0.2) is 32.7 Å². The van der Waals surface area contributed by atoms with Crippen LogP contribution in [0.3, 0.4) is 0 Å². The van der Waals surface area contributed by atoms with Crippen molar-refractivity contribution in [1.29, 1.82) is 0 Å². The van der Waals surface area contributed by atoms with Gasteiger partial charge in [-0.3, -0.25) is 19.1 Å². The van der Waals surface area contributed by atoms with E-state index in [1.165, 1.54) is 21.9 Å². The molecule has 0 amide bonds. The van der Waals surface area contributed by atoms with Crippen LogP contribution in [0.25, 0.3) is 0 Å². The van der Waals surface area contributed by atoms with Crippen molar-refractivity contribution in [3.8, 4) is 0 Å². The number of nitrogens with one attached hydrogen (secondary N) is 1. The van der Waals surface area contributed by atoms with Crippen LogP contribution >= 0.6 is 11.8 Å². The van der Waals surface area contributed by atoms with Gasteiger partial charge in [-0.1, -0.05) is 19.9 Å². The van der Waals surface area contributed by atoms with Gasteiger partial charge in [-0.25, -0.2) is 4.79 Å². The van der Waals surface area contributed by atoms with Gasteiger partial charge in [-0.15, -0.1) is 11.8 Å². The second-order valence-corrected chi connectivity index (χ2v) is 7.53. The molecule has 0 aliphatic carbocycles. The van der Waals surface area contributed by atoms with Gasteiger partial charge in [0, 0.05) is 11.4 Å². The lowest BCUT2D eigenvalue weighted by Crippen LogP contribution is -2.37. The zero-order chi connectivity index (χ0) is 18.7. The second kappa shape index (κ2) is 7.74. The first kappa shape index (κ1) is 19.1. The topological polar surface area (TPSA) is 97.9 Å².